The molecule has 1 aliphatic heterocycles. The number of hydrogen-bond donors (Lipinski definition) is 1. The number of amides is 2. The maximum absolute atomic E-state index is 12.4. The second-order valence-electron chi connectivity index (χ2n) is 7.37. The summed E-state index contributed by atoms with van der Waals surface area (Å²) in [5, 5.41) is 11.8. The summed E-state index contributed by atoms with van der Waals surface area (Å²) in [6, 6.07) is 19.9. The van der Waals surface area contributed by atoms with E-state index in [0.717, 1.165) is 35.9 Å². The fourth-order valence-corrected chi connectivity index (χ4v) is 3.60. The van der Waals surface area contributed by atoms with Crippen LogP contribution in [0.4, 0.5) is 16.3 Å². The number of hydrogen-bond acceptors (Lipinski definition) is 4. The summed E-state index contributed by atoms with van der Waals surface area (Å²) < 4.78 is 0. The SMILES string of the molecule is Cc1ccc(-c2ccc(N3CCN(C(=O)Nc4ccccc4)CC3)nn2)c(C)c1. The number of nitrogens with one attached hydrogen (secondary N) is 1. The van der Waals surface area contributed by atoms with Crippen LogP contribution in [0.5, 0.6) is 0 Å². The number of rotatable bonds is 3. The molecule has 6 nitrogen and oxygen atoms in total. The normalized spacial score (nSPS) is 14.0. The minimum Gasteiger partial charge on any atom is -0.352 e. The molecule has 1 aliphatic rings. The molecule has 0 saturated carbocycles. The standard InChI is InChI=1S/C23H25N5O/c1-17-8-9-20(18(2)16-17)21-10-11-22(26-25-21)27-12-14-28(15-13-27)23(29)24-19-6-4-3-5-7-19/h3-11,16H,12-15H2,1-2H3,(H,24,29). The molecule has 2 amide bonds. The van der Waals surface area contributed by atoms with Crippen LogP contribution in [0.1, 0.15) is 11.1 Å². The molecule has 148 valence electrons. The summed E-state index contributed by atoms with van der Waals surface area (Å²) in [6.45, 7) is 6.96. The van der Waals surface area contributed by atoms with Gasteiger partial charge in [-0.2, -0.15) is 0 Å². The van der Waals surface area contributed by atoms with Crippen molar-refractivity contribution in [1.82, 2.24) is 15.1 Å². The third-order valence-corrected chi connectivity index (χ3v) is 5.22. The van der Waals surface area contributed by atoms with Crippen molar-refractivity contribution in [3.63, 3.8) is 0 Å². The molecule has 2 aromatic carbocycles. The Morgan fingerprint density at radius 3 is 2.31 bits per heavy atom. The number of aryl methyl sites for hydroxylation is 2. The molecule has 0 radical (unpaired) electrons. The van der Waals surface area contributed by atoms with E-state index < -0.39 is 0 Å². The summed E-state index contributed by atoms with van der Waals surface area (Å²) in [4.78, 5) is 16.4. The lowest BCUT2D eigenvalue weighted by atomic mass is 10.0. The maximum atomic E-state index is 12.4. The van der Waals surface area contributed by atoms with Gasteiger partial charge in [0.25, 0.3) is 0 Å². The highest BCUT2D eigenvalue weighted by Crippen LogP contribution is 2.23. The Hall–Kier alpha value is -3.41. The molecule has 0 aliphatic carbocycles. The molecule has 0 bridgehead atoms. The van der Waals surface area contributed by atoms with E-state index in [1.807, 2.05) is 47.4 Å². The van der Waals surface area contributed by atoms with Crippen molar-refractivity contribution in [2.45, 2.75) is 13.8 Å². The first-order valence-electron chi connectivity index (χ1n) is 9.87. The first-order valence-corrected chi connectivity index (χ1v) is 9.87. The van der Waals surface area contributed by atoms with Crippen molar-refractivity contribution < 1.29 is 4.79 Å². The zero-order chi connectivity index (χ0) is 20.2. The molecule has 1 saturated heterocycles. The molecular formula is C23H25N5O. The summed E-state index contributed by atoms with van der Waals surface area (Å²) in [6.07, 6.45) is 0. The quantitative estimate of drug-likeness (QED) is 0.735. The Kier molecular flexibility index (Phi) is 5.42. The number of urea groups is 1. The molecule has 3 aromatic rings. The number of aromatic nitrogens is 2. The molecule has 1 aromatic heterocycles. The minimum atomic E-state index is -0.0628. The Labute approximate surface area is 171 Å². The molecule has 1 fully saturated rings. The van der Waals surface area contributed by atoms with Gasteiger partial charge in [0.2, 0.25) is 0 Å². The lowest BCUT2D eigenvalue weighted by Gasteiger charge is -2.35. The number of nitrogens with zero attached hydrogens (tertiary/aromatic N) is 4. The van der Waals surface area contributed by atoms with Gasteiger partial charge < -0.3 is 15.1 Å². The summed E-state index contributed by atoms with van der Waals surface area (Å²) >= 11 is 0. The Morgan fingerprint density at radius 2 is 1.66 bits per heavy atom. The van der Waals surface area contributed by atoms with Gasteiger partial charge in [-0.15, -0.1) is 10.2 Å². The van der Waals surface area contributed by atoms with E-state index in [0.29, 0.717) is 13.1 Å². The number of benzene rings is 2. The van der Waals surface area contributed by atoms with Crippen molar-refractivity contribution in [3.8, 4) is 11.3 Å². The predicted molar refractivity (Wildman–Crippen MR) is 116 cm³/mol. The Morgan fingerprint density at radius 1 is 0.897 bits per heavy atom. The second-order valence-corrected chi connectivity index (χ2v) is 7.37. The van der Waals surface area contributed by atoms with Crippen LogP contribution in [0.15, 0.2) is 60.7 Å². The first kappa shape index (κ1) is 18.9. The lowest BCUT2D eigenvalue weighted by Crippen LogP contribution is -2.50. The Bertz CT molecular complexity index is 980. The van der Waals surface area contributed by atoms with Crippen LogP contribution in [-0.4, -0.2) is 47.3 Å². The van der Waals surface area contributed by atoms with Crippen molar-refractivity contribution in [2.24, 2.45) is 0 Å². The highest BCUT2D eigenvalue weighted by atomic mass is 16.2. The van der Waals surface area contributed by atoms with Gasteiger partial charge in [0.05, 0.1) is 5.69 Å². The van der Waals surface area contributed by atoms with Crippen molar-refractivity contribution in [2.75, 3.05) is 36.4 Å². The molecule has 0 unspecified atom stereocenters. The minimum absolute atomic E-state index is 0.0628. The van der Waals surface area contributed by atoms with Crippen LogP contribution in [0.2, 0.25) is 0 Å². The van der Waals surface area contributed by atoms with Crippen molar-refractivity contribution in [1.29, 1.82) is 0 Å². The van der Waals surface area contributed by atoms with Gasteiger partial charge >= 0.3 is 6.03 Å². The van der Waals surface area contributed by atoms with E-state index in [9.17, 15) is 4.79 Å². The van der Waals surface area contributed by atoms with Crippen molar-refractivity contribution in [3.05, 3.63) is 71.8 Å². The van der Waals surface area contributed by atoms with E-state index in [1.54, 1.807) is 0 Å². The van der Waals surface area contributed by atoms with E-state index >= 15 is 0 Å². The van der Waals surface area contributed by atoms with Gasteiger partial charge in [0.1, 0.15) is 0 Å². The van der Waals surface area contributed by atoms with E-state index in [-0.39, 0.29) is 6.03 Å². The van der Waals surface area contributed by atoms with Crippen LogP contribution in [0.25, 0.3) is 11.3 Å². The molecule has 1 N–H and O–H groups in total. The third-order valence-electron chi connectivity index (χ3n) is 5.22. The fourth-order valence-electron chi connectivity index (χ4n) is 3.60. The van der Waals surface area contributed by atoms with Crippen molar-refractivity contribution >= 4 is 17.5 Å². The second kappa shape index (κ2) is 8.31. The van der Waals surface area contributed by atoms with E-state index in [4.69, 9.17) is 0 Å². The van der Waals surface area contributed by atoms with E-state index in [1.165, 1.54) is 11.1 Å². The van der Waals surface area contributed by atoms with Crippen LogP contribution in [0, 0.1) is 13.8 Å². The zero-order valence-corrected chi connectivity index (χ0v) is 16.8. The van der Waals surface area contributed by atoms with Crippen LogP contribution in [0.3, 0.4) is 0 Å². The zero-order valence-electron chi connectivity index (χ0n) is 16.8. The summed E-state index contributed by atoms with van der Waals surface area (Å²) in [7, 11) is 0. The van der Waals surface area contributed by atoms with Crippen LogP contribution >= 0.6 is 0 Å². The average Bonchev–Trinajstić information content (AvgIpc) is 2.75. The molecule has 2 heterocycles. The number of anilines is 2. The van der Waals surface area contributed by atoms with Gasteiger partial charge in [0.15, 0.2) is 5.82 Å². The van der Waals surface area contributed by atoms with Crippen LogP contribution in [-0.2, 0) is 0 Å². The highest BCUT2D eigenvalue weighted by molar-refractivity contribution is 5.89. The van der Waals surface area contributed by atoms with E-state index in [2.05, 4.69) is 52.5 Å². The topological polar surface area (TPSA) is 61.4 Å². The number of piperazine rings is 1. The molecule has 29 heavy (non-hydrogen) atoms. The maximum Gasteiger partial charge on any atom is 0.321 e. The fraction of sp³-hybridized carbons (Fsp3) is 0.261. The molecule has 6 heteroatoms. The van der Waals surface area contributed by atoms with Gasteiger partial charge in [-0.05, 0) is 43.7 Å². The van der Waals surface area contributed by atoms with Gasteiger partial charge in [-0.3, -0.25) is 0 Å². The third kappa shape index (κ3) is 4.37. The highest BCUT2D eigenvalue weighted by Gasteiger charge is 2.22. The van der Waals surface area contributed by atoms with Gasteiger partial charge in [-0.1, -0.05) is 42.0 Å². The number of carbonyl (C=O) groups is 1. The predicted octanol–water partition coefficient (Wildman–Crippen LogP) is 4.11. The van der Waals surface area contributed by atoms with Crippen LogP contribution < -0.4 is 10.2 Å². The monoisotopic (exact) mass is 387 g/mol. The first-order chi connectivity index (χ1) is 14.1. The molecule has 4 rings (SSSR count). The largest absolute Gasteiger partial charge is 0.352 e. The Balaban J connectivity index is 1.36. The smallest absolute Gasteiger partial charge is 0.321 e. The number of carbonyl (C=O) groups excluding carboxylic acids is 1. The molecular weight excluding hydrogens is 362 g/mol. The number of para-hydroxylation sites is 1. The average molecular weight is 387 g/mol. The molecule has 0 spiro atoms. The van der Waals surface area contributed by atoms with Gasteiger partial charge in [-0.25, -0.2) is 4.79 Å². The lowest BCUT2D eigenvalue weighted by molar-refractivity contribution is 0.208. The van der Waals surface area contributed by atoms with Gasteiger partial charge in [0, 0.05) is 37.4 Å². The molecule has 0 atom stereocenters. The summed E-state index contributed by atoms with van der Waals surface area (Å²) in [5.41, 5.74) is 5.24. The summed E-state index contributed by atoms with van der Waals surface area (Å²) in [5.74, 6) is 0.849.